The van der Waals surface area contributed by atoms with Crippen molar-refractivity contribution in [2.24, 2.45) is 5.92 Å². The van der Waals surface area contributed by atoms with E-state index in [0.717, 1.165) is 61.9 Å². The second kappa shape index (κ2) is 13.0. The van der Waals surface area contributed by atoms with E-state index >= 15 is 0 Å². The fourth-order valence-corrected chi connectivity index (χ4v) is 9.14. The molecule has 4 heteroatoms. The van der Waals surface area contributed by atoms with Crippen LogP contribution in [0.4, 0.5) is 0 Å². The zero-order valence-electron chi connectivity index (χ0n) is 30.5. The molecule has 3 aliphatic rings. The lowest BCUT2D eigenvalue weighted by Gasteiger charge is -2.47. The van der Waals surface area contributed by atoms with Crippen molar-refractivity contribution in [3.63, 3.8) is 0 Å². The van der Waals surface area contributed by atoms with Crippen LogP contribution in [-0.2, 0) is 5.41 Å². The van der Waals surface area contributed by atoms with Crippen LogP contribution in [0.2, 0.25) is 0 Å². The fraction of sp³-hybridized carbons (Fsp3) is 0.0577. The minimum atomic E-state index is -0.341. The van der Waals surface area contributed by atoms with Crippen LogP contribution >= 0.6 is 0 Å². The van der Waals surface area contributed by atoms with Crippen molar-refractivity contribution in [1.29, 1.82) is 0 Å². The predicted molar refractivity (Wildman–Crippen MR) is 225 cm³/mol. The molecule has 1 aliphatic heterocycles. The van der Waals surface area contributed by atoms with Crippen LogP contribution in [0.25, 0.3) is 67.3 Å². The van der Waals surface area contributed by atoms with E-state index in [1.807, 2.05) is 30.5 Å². The molecule has 264 valence electrons. The van der Waals surface area contributed by atoms with Crippen LogP contribution in [-0.4, -0.2) is 21.1 Å². The number of benzene rings is 5. The summed E-state index contributed by atoms with van der Waals surface area (Å²) in [7, 11) is 0. The van der Waals surface area contributed by atoms with Gasteiger partial charge in [-0.1, -0.05) is 146 Å². The number of ether oxygens (including phenoxy) is 1. The standard InChI is InChI=1S/C52H35N3O/c1-2-12-34(13-3-1)39-30-48(46-19-10-11-29-53-46)55-49(31-39)47-28-26-38(33-54-47)36-23-21-35(22-24-36)37-25-27-45-51(32-37)56-50-20-9-8-18-44(50)52(45)42-16-6-4-14-40(42)41-15-5-7-17-43(41)52/h1-33,44,50H. The van der Waals surface area contributed by atoms with Crippen LogP contribution < -0.4 is 4.74 Å². The van der Waals surface area contributed by atoms with Crippen molar-refractivity contribution in [3.8, 4) is 73.0 Å². The molecule has 5 aromatic carbocycles. The van der Waals surface area contributed by atoms with Crippen molar-refractivity contribution in [2.75, 3.05) is 0 Å². The van der Waals surface area contributed by atoms with Gasteiger partial charge >= 0.3 is 0 Å². The van der Waals surface area contributed by atoms with Gasteiger partial charge in [-0.15, -0.1) is 0 Å². The third-order valence-corrected chi connectivity index (χ3v) is 11.7. The van der Waals surface area contributed by atoms with Gasteiger partial charge in [0.05, 0.1) is 28.2 Å². The van der Waals surface area contributed by atoms with E-state index in [0.29, 0.717) is 0 Å². The molecule has 8 aromatic rings. The van der Waals surface area contributed by atoms with Gasteiger partial charge in [0.2, 0.25) is 0 Å². The lowest BCUT2D eigenvalue weighted by molar-refractivity contribution is 0.141. The average molecular weight is 718 g/mol. The highest BCUT2D eigenvalue weighted by atomic mass is 16.5. The van der Waals surface area contributed by atoms with Crippen molar-refractivity contribution < 1.29 is 4.74 Å². The van der Waals surface area contributed by atoms with Gasteiger partial charge in [0.25, 0.3) is 0 Å². The Labute approximate surface area is 326 Å². The molecule has 0 saturated heterocycles. The summed E-state index contributed by atoms with van der Waals surface area (Å²) in [6.45, 7) is 0. The zero-order chi connectivity index (χ0) is 37.1. The third-order valence-electron chi connectivity index (χ3n) is 11.7. The minimum absolute atomic E-state index is 0.0718. The largest absolute Gasteiger partial charge is 0.485 e. The monoisotopic (exact) mass is 717 g/mol. The molecule has 1 spiro atoms. The zero-order valence-corrected chi connectivity index (χ0v) is 30.5. The highest BCUT2D eigenvalue weighted by Crippen LogP contribution is 2.62. The lowest BCUT2D eigenvalue weighted by atomic mass is 9.60. The summed E-state index contributed by atoms with van der Waals surface area (Å²) in [5, 5.41) is 0. The molecule has 0 saturated carbocycles. The number of aromatic nitrogens is 3. The number of nitrogens with zero attached hydrogens (tertiary/aromatic N) is 3. The van der Waals surface area contributed by atoms with E-state index in [9.17, 15) is 0 Å². The molecule has 11 rings (SSSR count). The highest BCUT2D eigenvalue weighted by Gasteiger charge is 2.55. The highest BCUT2D eigenvalue weighted by molar-refractivity contribution is 5.86. The lowest BCUT2D eigenvalue weighted by Crippen LogP contribution is -2.47. The first-order chi connectivity index (χ1) is 27.7. The molecular weight excluding hydrogens is 683 g/mol. The van der Waals surface area contributed by atoms with Crippen molar-refractivity contribution in [3.05, 3.63) is 217 Å². The van der Waals surface area contributed by atoms with E-state index < -0.39 is 0 Å². The second-order valence-electron chi connectivity index (χ2n) is 14.7. The molecule has 2 atom stereocenters. The van der Waals surface area contributed by atoms with E-state index in [2.05, 4.69) is 169 Å². The second-order valence-corrected chi connectivity index (χ2v) is 14.7. The Kier molecular flexibility index (Phi) is 7.49. The maximum absolute atomic E-state index is 6.87. The first kappa shape index (κ1) is 32.3. The Bertz CT molecular complexity index is 2720. The van der Waals surface area contributed by atoms with Crippen LogP contribution in [0.5, 0.6) is 5.75 Å². The van der Waals surface area contributed by atoms with Crippen LogP contribution in [0.3, 0.4) is 0 Å². The van der Waals surface area contributed by atoms with Gasteiger partial charge in [0.15, 0.2) is 0 Å². The molecule has 4 heterocycles. The van der Waals surface area contributed by atoms with Crippen LogP contribution in [0.1, 0.15) is 16.7 Å². The third kappa shape index (κ3) is 5.10. The maximum Gasteiger partial charge on any atom is 0.125 e. The molecule has 56 heavy (non-hydrogen) atoms. The Hall–Kier alpha value is -7.17. The van der Waals surface area contributed by atoms with Gasteiger partial charge in [-0.25, -0.2) is 4.98 Å². The summed E-state index contributed by atoms with van der Waals surface area (Å²) >= 11 is 0. The predicted octanol–water partition coefficient (Wildman–Crippen LogP) is 12.0. The molecular formula is C52H35N3O. The topological polar surface area (TPSA) is 47.9 Å². The Morgan fingerprint density at radius 3 is 1.73 bits per heavy atom. The number of rotatable bonds is 5. The van der Waals surface area contributed by atoms with Crippen molar-refractivity contribution in [2.45, 2.75) is 11.5 Å². The fourth-order valence-electron chi connectivity index (χ4n) is 9.14. The number of fused-ring (bicyclic) bond motifs is 9. The van der Waals surface area contributed by atoms with E-state index in [-0.39, 0.29) is 17.4 Å². The summed E-state index contributed by atoms with van der Waals surface area (Å²) in [5.74, 6) is 1.08. The number of hydrogen-bond acceptors (Lipinski definition) is 4. The summed E-state index contributed by atoms with van der Waals surface area (Å²) in [5.41, 5.74) is 16.1. The summed E-state index contributed by atoms with van der Waals surface area (Å²) in [6, 6.07) is 58.0. The van der Waals surface area contributed by atoms with Crippen molar-refractivity contribution >= 4 is 0 Å². The van der Waals surface area contributed by atoms with Gasteiger partial charge in [-0.05, 0) is 92.5 Å². The molecule has 0 fully saturated rings. The number of hydrogen-bond donors (Lipinski definition) is 0. The molecule has 4 nitrogen and oxygen atoms in total. The Balaban J connectivity index is 0.924. The van der Waals surface area contributed by atoms with Gasteiger partial charge in [-0.3, -0.25) is 9.97 Å². The first-order valence-electron chi connectivity index (χ1n) is 19.2. The van der Waals surface area contributed by atoms with Gasteiger partial charge in [0, 0.05) is 29.4 Å². The summed E-state index contributed by atoms with van der Waals surface area (Å²) in [4.78, 5) is 14.5. The summed E-state index contributed by atoms with van der Waals surface area (Å²) < 4.78 is 6.87. The molecule has 0 bridgehead atoms. The summed E-state index contributed by atoms with van der Waals surface area (Å²) in [6.07, 6.45) is 12.5. The normalized spacial score (nSPS) is 16.7. The van der Waals surface area contributed by atoms with E-state index in [1.54, 1.807) is 6.20 Å². The average Bonchev–Trinajstić information content (AvgIpc) is 3.57. The van der Waals surface area contributed by atoms with Gasteiger partial charge in [-0.2, -0.15) is 0 Å². The number of pyridine rings is 3. The quantitative estimate of drug-likeness (QED) is 0.178. The Morgan fingerprint density at radius 2 is 1.04 bits per heavy atom. The van der Waals surface area contributed by atoms with E-state index in [4.69, 9.17) is 14.7 Å². The smallest absolute Gasteiger partial charge is 0.125 e. The molecule has 3 aromatic heterocycles. The van der Waals surface area contributed by atoms with Crippen molar-refractivity contribution in [1.82, 2.24) is 15.0 Å². The molecule has 0 radical (unpaired) electrons. The number of allylic oxidation sites excluding steroid dienone is 2. The van der Waals surface area contributed by atoms with Gasteiger partial charge < -0.3 is 4.74 Å². The van der Waals surface area contributed by atoms with Crippen LogP contribution in [0.15, 0.2) is 200 Å². The SMILES string of the molecule is C1=CC2Oc3cc(-c4ccc(-c5ccc(-c6cc(-c7ccccc7)cc(-c7ccccn7)n6)nc5)cc4)ccc3C3(c4ccccc4-c4ccccc43)C2C=C1. The molecule has 0 amide bonds. The van der Waals surface area contributed by atoms with Gasteiger partial charge in [0.1, 0.15) is 11.9 Å². The minimum Gasteiger partial charge on any atom is -0.485 e. The maximum atomic E-state index is 6.87. The molecule has 2 aliphatic carbocycles. The first-order valence-corrected chi connectivity index (χ1v) is 19.2. The molecule has 0 N–H and O–H groups in total. The Morgan fingerprint density at radius 1 is 0.429 bits per heavy atom. The van der Waals surface area contributed by atoms with E-state index in [1.165, 1.54) is 27.8 Å². The van der Waals surface area contributed by atoms with Crippen LogP contribution in [0, 0.1) is 5.92 Å². The molecule has 2 unspecified atom stereocenters.